The number of pyridine rings is 1. The minimum absolute atomic E-state index is 0.476. The first-order valence-corrected chi connectivity index (χ1v) is 12.1. The molecule has 0 saturated carbocycles. The van der Waals surface area contributed by atoms with Crippen LogP contribution < -0.4 is 20.3 Å². The fourth-order valence-electron chi connectivity index (χ4n) is 3.19. The summed E-state index contributed by atoms with van der Waals surface area (Å²) in [4.78, 5) is 18.6. The number of methoxy groups -OCH3 is 1. The maximum atomic E-state index is 9.09. The van der Waals surface area contributed by atoms with Crippen LogP contribution in [0.1, 0.15) is 17.0 Å². The van der Waals surface area contributed by atoms with Crippen LogP contribution in [0.3, 0.4) is 0 Å². The number of anilines is 1. The molecule has 3 rings (SSSR count). The number of H-pyrrole nitrogens is 1. The molecule has 178 valence electrons. The van der Waals surface area contributed by atoms with Gasteiger partial charge in [-0.25, -0.2) is 9.97 Å². The molecule has 0 amide bonds. The molecular formula is C24H30N8OS. The van der Waals surface area contributed by atoms with Crippen molar-refractivity contribution in [3.05, 3.63) is 71.9 Å². The number of rotatable bonds is 12. The van der Waals surface area contributed by atoms with Gasteiger partial charge in [0.2, 0.25) is 5.96 Å². The van der Waals surface area contributed by atoms with Gasteiger partial charge in [-0.1, -0.05) is 18.2 Å². The summed E-state index contributed by atoms with van der Waals surface area (Å²) in [5, 5.41) is 15.0. The first kappa shape index (κ1) is 24.9. The minimum Gasteiger partial charge on any atom is -0.497 e. The number of ether oxygens (including phenoxy) is 1. The van der Waals surface area contributed by atoms with E-state index in [2.05, 4.69) is 47.6 Å². The molecular weight excluding hydrogens is 448 g/mol. The van der Waals surface area contributed by atoms with E-state index in [4.69, 9.17) is 10.00 Å². The smallest absolute Gasteiger partial charge is 0.204 e. The first-order chi connectivity index (χ1) is 16.7. The van der Waals surface area contributed by atoms with E-state index in [0.29, 0.717) is 32.1 Å². The maximum Gasteiger partial charge on any atom is 0.204 e. The van der Waals surface area contributed by atoms with Crippen LogP contribution in [0.25, 0.3) is 0 Å². The lowest BCUT2D eigenvalue weighted by Crippen LogP contribution is -2.40. The van der Waals surface area contributed by atoms with Gasteiger partial charge in [-0.15, -0.1) is 0 Å². The highest BCUT2D eigenvalue weighted by atomic mass is 32.2. The number of aryl methyl sites for hydroxylation is 1. The number of nitriles is 1. The van der Waals surface area contributed by atoms with E-state index >= 15 is 0 Å². The molecule has 0 aliphatic heterocycles. The van der Waals surface area contributed by atoms with Gasteiger partial charge in [-0.05, 0) is 36.8 Å². The predicted octanol–water partition coefficient (Wildman–Crippen LogP) is 3.08. The summed E-state index contributed by atoms with van der Waals surface area (Å²) in [6.07, 6.45) is 5.46. The summed E-state index contributed by atoms with van der Waals surface area (Å²) >= 11 is 1.76. The lowest BCUT2D eigenvalue weighted by atomic mass is 10.2. The van der Waals surface area contributed by atoms with E-state index in [1.807, 2.05) is 43.4 Å². The summed E-state index contributed by atoms with van der Waals surface area (Å²) in [5.41, 5.74) is 3.31. The van der Waals surface area contributed by atoms with Crippen LogP contribution in [0.5, 0.6) is 5.75 Å². The Labute approximate surface area is 204 Å². The topological polar surface area (TPSA) is 114 Å². The van der Waals surface area contributed by atoms with Crippen molar-refractivity contribution in [2.24, 2.45) is 4.99 Å². The molecule has 0 aliphatic carbocycles. The van der Waals surface area contributed by atoms with Crippen LogP contribution >= 0.6 is 11.8 Å². The number of nitrogens with zero attached hydrogens (tertiary/aromatic N) is 5. The number of hydrogen-bond acceptors (Lipinski definition) is 7. The van der Waals surface area contributed by atoms with Crippen molar-refractivity contribution in [3.8, 4) is 11.9 Å². The second-order valence-electron chi connectivity index (χ2n) is 7.38. The van der Waals surface area contributed by atoms with Crippen molar-refractivity contribution >= 4 is 23.5 Å². The van der Waals surface area contributed by atoms with E-state index in [1.54, 1.807) is 31.4 Å². The Bertz CT molecular complexity index is 1060. The van der Waals surface area contributed by atoms with Crippen LogP contribution in [0.15, 0.2) is 60.0 Å². The van der Waals surface area contributed by atoms with Crippen molar-refractivity contribution in [3.63, 3.8) is 0 Å². The van der Waals surface area contributed by atoms with Gasteiger partial charge in [0, 0.05) is 43.0 Å². The molecule has 0 atom stereocenters. The van der Waals surface area contributed by atoms with Gasteiger partial charge in [-0.2, -0.15) is 17.0 Å². The SMILES string of the molecule is COc1ccc(CN(CCNC(=NCCSCc2nc[nH]c2C)NC#N)c2ccccn2)cc1. The normalized spacial score (nSPS) is 11.0. The van der Waals surface area contributed by atoms with Crippen molar-refractivity contribution in [1.82, 2.24) is 25.6 Å². The fraction of sp³-hybridized carbons (Fsp3) is 0.333. The molecule has 0 saturated heterocycles. The van der Waals surface area contributed by atoms with Crippen LogP contribution in [0, 0.1) is 18.4 Å². The molecule has 3 aromatic rings. The first-order valence-electron chi connectivity index (χ1n) is 11.0. The quantitative estimate of drug-likeness (QED) is 0.120. The number of imidazole rings is 1. The average Bonchev–Trinajstić information content (AvgIpc) is 3.28. The third-order valence-corrected chi connectivity index (χ3v) is 5.98. The van der Waals surface area contributed by atoms with Crippen molar-refractivity contribution < 1.29 is 4.74 Å². The summed E-state index contributed by atoms with van der Waals surface area (Å²) in [6, 6.07) is 13.9. The van der Waals surface area contributed by atoms with Crippen LogP contribution in [-0.4, -0.2) is 53.4 Å². The van der Waals surface area contributed by atoms with Gasteiger partial charge >= 0.3 is 0 Å². The second-order valence-corrected chi connectivity index (χ2v) is 8.48. The molecule has 0 fully saturated rings. The number of aromatic nitrogens is 3. The van der Waals surface area contributed by atoms with Gasteiger partial charge in [0.05, 0.1) is 25.7 Å². The van der Waals surface area contributed by atoms with Gasteiger partial charge < -0.3 is 19.9 Å². The molecule has 0 spiro atoms. The lowest BCUT2D eigenvalue weighted by Gasteiger charge is -2.24. The molecule has 3 N–H and O–H groups in total. The number of nitrogens with one attached hydrogen (secondary N) is 3. The molecule has 0 aliphatic rings. The largest absolute Gasteiger partial charge is 0.497 e. The third kappa shape index (κ3) is 8.01. The molecule has 0 bridgehead atoms. The summed E-state index contributed by atoms with van der Waals surface area (Å²) in [7, 11) is 1.66. The summed E-state index contributed by atoms with van der Waals surface area (Å²) in [6.45, 7) is 4.59. The van der Waals surface area contributed by atoms with E-state index < -0.39 is 0 Å². The molecule has 10 heteroatoms. The van der Waals surface area contributed by atoms with Crippen LogP contribution in [0.2, 0.25) is 0 Å². The van der Waals surface area contributed by atoms with Gasteiger partial charge in [0.15, 0.2) is 6.19 Å². The van der Waals surface area contributed by atoms with Crippen molar-refractivity contribution in [1.29, 1.82) is 5.26 Å². The molecule has 9 nitrogen and oxygen atoms in total. The van der Waals surface area contributed by atoms with E-state index in [-0.39, 0.29) is 0 Å². The molecule has 2 aromatic heterocycles. The number of benzene rings is 1. The number of thioether (sulfide) groups is 1. The van der Waals surface area contributed by atoms with Gasteiger partial charge in [-0.3, -0.25) is 10.3 Å². The fourth-order valence-corrected chi connectivity index (χ4v) is 4.04. The number of aromatic amines is 1. The molecule has 0 radical (unpaired) electrons. The summed E-state index contributed by atoms with van der Waals surface area (Å²) < 4.78 is 5.26. The Morgan fingerprint density at radius 3 is 2.76 bits per heavy atom. The number of hydrogen-bond donors (Lipinski definition) is 3. The van der Waals surface area contributed by atoms with E-state index in [1.165, 1.54) is 0 Å². The van der Waals surface area contributed by atoms with Gasteiger partial charge in [0.25, 0.3) is 0 Å². The Hall–Kier alpha value is -3.71. The summed E-state index contributed by atoms with van der Waals surface area (Å²) in [5.74, 6) is 3.86. The van der Waals surface area contributed by atoms with Crippen molar-refractivity contribution in [2.75, 3.05) is 37.4 Å². The molecule has 34 heavy (non-hydrogen) atoms. The standard InChI is InChI=1S/C24H30N8OS/c1-19-22(31-18-30-19)16-34-14-12-28-24(29-17-25)27-11-13-32(23-5-3-4-10-26-23)15-20-6-8-21(33-2)9-7-20/h3-10,18H,11-16H2,1-2H3,(H,30,31)(H2,27,28,29). The zero-order chi connectivity index (χ0) is 24.0. The van der Waals surface area contributed by atoms with E-state index in [9.17, 15) is 0 Å². The van der Waals surface area contributed by atoms with Crippen LogP contribution in [0.4, 0.5) is 5.82 Å². The van der Waals surface area contributed by atoms with E-state index in [0.717, 1.165) is 40.0 Å². The lowest BCUT2D eigenvalue weighted by molar-refractivity contribution is 0.414. The maximum absolute atomic E-state index is 9.09. The third-order valence-electron chi connectivity index (χ3n) is 5.03. The highest BCUT2D eigenvalue weighted by Crippen LogP contribution is 2.17. The zero-order valence-corrected chi connectivity index (χ0v) is 20.3. The number of aliphatic imine (C=N–C) groups is 1. The second kappa shape index (κ2) is 13.7. The number of guanidine groups is 1. The minimum atomic E-state index is 0.476. The predicted molar refractivity (Wildman–Crippen MR) is 137 cm³/mol. The van der Waals surface area contributed by atoms with Gasteiger partial charge in [0.1, 0.15) is 11.6 Å². The molecule has 1 aromatic carbocycles. The molecule has 0 unspecified atom stereocenters. The Balaban J connectivity index is 1.52. The zero-order valence-electron chi connectivity index (χ0n) is 19.5. The monoisotopic (exact) mass is 478 g/mol. The molecule has 2 heterocycles. The highest BCUT2D eigenvalue weighted by molar-refractivity contribution is 7.98. The highest BCUT2D eigenvalue weighted by Gasteiger charge is 2.09. The Morgan fingerprint density at radius 2 is 2.09 bits per heavy atom. The average molecular weight is 479 g/mol. The Morgan fingerprint density at radius 1 is 1.24 bits per heavy atom. The van der Waals surface area contributed by atoms with Crippen molar-refractivity contribution in [2.45, 2.75) is 19.2 Å². The van der Waals surface area contributed by atoms with Crippen LogP contribution in [-0.2, 0) is 12.3 Å². The Kier molecular flexibility index (Phi) is 10.1.